The van der Waals surface area contributed by atoms with E-state index in [1.165, 1.54) is 7.11 Å². The van der Waals surface area contributed by atoms with Crippen LogP contribution in [0.15, 0.2) is 48.2 Å². The summed E-state index contributed by atoms with van der Waals surface area (Å²) in [7, 11) is 2.94. The Morgan fingerprint density at radius 1 is 1.18 bits per heavy atom. The number of esters is 1. The minimum atomic E-state index is -0.245. The fourth-order valence-corrected chi connectivity index (χ4v) is 3.15. The van der Waals surface area contributed by atoms with Gasteiger partial charge in [0.15, 0.2) is 0 Å². The summed E-state index contributed by atoms with van der Waals surface area (Å²) >= 11 is 0. The summed E-state index contributed by atoms with van der Waals surface area (Å²) in [5.74, 6) is 0.691. The zero-order valence-electron chi connectivity index (χ0n) is 16.0. The number of pyridine rings is 1. The highest BCUT2D eigenvalue weighted by Gasteiger charge is 2.32. The van der Waals surface area contributed by atoms with E-state index < -0.39 is 0 Å². The van der Waals surface area contributed by atoms with Crippen molar-refractivity contribution >= 4 is 23.3 Å². The van der Waals surface area contributed by atoms with Crippen molar-refractivity contribution in [2.24, 2.45) is 0 Å². The Balaban J connectivity index is 1.74. The number of nitrogens with zero attached hydrogens (tertiary/aromatic N) is 2. The van der Waals surface area contributed by atoms with Crippen molar-refractivity contribution in [2.75, 3.05) is 26.5 Å². The molecule has 7 heteroatoms. The number of hydrogen-bond acceptors (Lipinski definition) is 6. The highest BCUT2D eigenvalue weighted by molar-refractivity contribution is 6.22. The van der Waals surface area contributed by atoms with E-state index >= 15 is 0 Å². The lowest BCUT2D eigenvalue weighted by Gasteiger charge is -2.16. The molecule has 1 aliphatic heterocycles. The SMILES string of the molecule is COC(=O)CCc1ccc(C2=C(OC)CN(Cc3cccc(N)n3)C2=O)cc1. The van der Waals surface area contributed by atoms with Gasteiger partial charge >= 0.3 is 5.97 Å². The molecule has 28 heavy (non-hydrogen) atoms. The van der Waals surface area contributed by atoms with Gasteiger partial charge in [-0.1, -0.05) is 30.3 Å². The van der Waals surface area contributed by atoms with E-state index in [-0.39, 0.29) is 11.9 Å². The molecule has 2 aromatic rings. The number of methoxy groups -OCH3 is 2. The van der Waals surface area contributed by atoms with Crippen LogP contribution < -0.4 is 5.73 Å². The first-order valence-corrected chi connectivity index (χ1v) is 8.95. The van der Waals surface area contributed by atoms with E-state index in [0.29, 0.717) is 43.1 Å². The van der Waals surface area contributed by atoms with E-state index in [1.54, 1.807) is 18.1 Å². The van der Waals surface area contributed by atoms with Gasteiger partial charge in [0.1, 0.15) is 11.6 Å². The molecule has 0 aliphatic carbocycles. The number of nitrogens with two attached hydrogens (primary N) is 1. The first kappa shape index (κ1) is 19.4. The molecule has 0 atom stereocenters. The van der Waals surface area contributed by atoms with Crippen LogP contribution in [0.2, 0.25) is 0 Å². The smallest absolute Gasteiger partial charge is 0.305 e. The molecule has 146 valence electrons. The Hall–Kier alpha value is -3.35. The van der Waals surface area contributed by atoms with E-state index in [9.17, 15) is 9.59 Å². The maximum Gasteiger partial charge on any atom is 0.305 e. The summed E-state index contributed by atoms with van der Waals surface area (Å²) in [6.45, 7) is 0.739. The molecule has 2 N–H and O–H groups in total. The Morgan fingerprint density at radius 2 is 1.93 bits per heavy atom. The van der Waals surface area contributed by atoms with Gasteiger partial charge in [0.2, 0.25) is 0 Å². The van der Waals surface area contributed by atoms with Crippen LogP contribution in [0.4, 0.5) is 5.82 Å². The molecule has 0 unspecified atom stereocenters. The third kappa shape index (κ3) is 4.31. The second-order valence-corrected chi connectivity index (χ2v) is 6.49. The Labute approximate surface area is 163 Å². The molecule has 0 saturated carbocycles. The number of hydrogen-bond donors (Lipinski definition) is 1. The third-order valence-corrected chi connectivity index (χ3v) is 4.63. The lowest BCUT2D eigenvalue weighted by atomic mass is 10.0. The van der Waals surface area contributed by atoms with Crippen LogP contribution in [0.1, 0.15) is 23.2 Å². The maximum absolute atomic E-state index is 13.0. The first-order valence-electron chi connectivity index (χ1n) is 8.95. The molecular weight excluding hydrogens is 358 g/mol. The summed E-state index contributed by atoms with van der Waals surface area (Å²) in [6.07, 6.45) is 0.909. The fourth-order valence-electron chi connectivity index (χ4n) is 3.15. The molecule has 1 aliphatic rings. The number of anilines is 1. The lowest BCUT2D eigenvalue weighted by molar-refractivity contribution is -0.140. The van der Waals surface area contributed by atoms with Gasteiger partial charge in [-0.25, -0.2) is 4.98 Å². The maximum atomic E-state index is 13.0. The van der Waals surface area contributed by atoms with Gasteiger partial charge in [-0.3, -0.25) is 9.59 Å². The average molecular weight is 381 g/mol. The number of benzene rings is 1. The molecule has 2 heterocycles. The quantitative estimate of drug-likeness (QED) is 0.739. The minimum Gasteiger partial charge on any atom is -0.498 e. The molecule has 0 bridgehead atoms. The number of nitrogen functional groups attached to an aromatic ring is 1. The summed E-state index contributed by atoms with van der Waals surface area (Å²) < 4.78 is 10.1. The molecule has 1 amide bonds. The Morgan fingerprint density at radius 3 is 2.57 bits per heavy atom. The molecule has 0 spiro atoms. The van der Waals surface area contributed by atoms with Crippen molar-refractivity contribution in [3.05, 3.63) is 65.0 Å². The molecule has 0 fully saturated rings. The van der Waals surface area contributed by atoms with Gasteiger partial charge in [0, 0.05) is 6.42 Å². The highest BCUT2D eigenvalue weighted by Crippen LogP contribution is 2.30. The van der Waals surface area contributed by atoms with Gasteiger partial charge < -0.3 is 20.1 Å². The lowest BCUT2D eigenvalue weighted by Crippen LogP contribution is -2.27. The van der Waals surface area contributed by atoms with Crippen LogP contribution in [-0.2, 0) is 32.0 Å². The predicted octanol–water partition coefficient (Wildman–Crippen LogP) is 2.17. The van der Waals surface area contributed by atoms with Crippen LogP contribution in [0, 0.1) is 0 Å². The van der Waals surface area contributed by atoms with Crippen molar-refractivity contribution in [1.82, 2.24) is 9.88 Å². The molecule has 0 saturated heterocycles. The number of aryl methyl sites for hydroxylation is 1. The summed E-state index contributed by atoms with van der Waals surface area (Å²) in [6, 6.07) is 12.9. The van der Waals surface area contributed by atoms with Crippen molar-refractivity contribution in [3.8, 4) is 0 Å². The molecule has 7 nitrogen and oxygen atoms in total. The van der Waals surface area contributed by atoms with Crippen LogP contribution >= 0.6 is 0 Å². The van der Waals surface area contributed by atoms with Crippen LogP contribution in [-0.4, -0.2) is 42.5 Å². The second-order valence-electron chi connectivity index (χ2n) is 6.49. The molecule has 3 rings (SSSR count). The van der Waals surface area contributed by atoms with Crippen molar-refractivity contribution < 1.29 is 19.1 Å². The summed E-state index contributed by atoms with van der Waals surface area (Å²) in [5.41, 5.74) is 8.78. The van der Waals surface area contributed by atoms with Crippen molar-refractivity contribution in [1.29, 1.82) is 0 Å². The third-order valence-electron chi connectivity index (χ3n) is 4.63. The number of aromatic nitrogens is 1. The second kappa shape index (κ2) is 8.56. The first-order chi connectivity index (χ1) is 13.5. The van der Waals surface area contributed by atoms with Gasteiger partial charge in [-0.2, -0.15) is 0 Å². The van der Waals surface area contributed by atoms with Gasteiger partial charge in [0.25, 0.3) is 5.91 Å². The topological polar surface area (TPSA) is 94.8 Å². The fraction of sp³-hybridized carbons (Fsp3) is 0.286. The largest absolute Gasteiger partial charge is 0.498 e. The number of amides is 1. The van der Waals surface area contributed by atoms with Crippen LogP contribution in [0.3, 0.4) is 0 Å². The Bertz CT molecular complexity index is 906. The summed E-state index contributed by atoms with van der Waals surface area (Å²) in [4.78, 5) is 30.2. The van der Waals surface area contributed by atoms with Gasteiger partial charge in [-0.05, 0) is 29.7 Å². The van der Waals surface area contributed by atoms with Gasteiger partial charge in [-0.15, -0.1) is 0 Å². The zero-order chi connectivity index (χ0) is 20.1. The predicted molar refractivity (Wildman–Crippen MR) is 105 cm³/mol. The number of ether oxygens (including phenoxy) is 2. The molecule has 0 radical (unpaired) electrons. The molecule has 1 aromatic carbocycles. The highest BCUT2D eigenvalue weighted by atomic mass is 16.5. The van der Waals surface area contributed by atoms with Crippen molar-refractivity contribution in [2.45, 2.75) is 19.4 Å². The standard InChI is InChI=1S/C21H23N3O4/c1-27-17-13-24(12-16-4-3-5-18(22)23-16)21(26)20(17)15-9-6-14(7-10-15)8-11-19(25)28-2/h3-7,9-10H,8,11-13H2,1-2H3,(H2,22,23). The Kier molecular flexibility index (Phi) is 5.93. The van der Waals surface area contributed by atoms with Crippen molar-refractivity contribution in [3.63, 3.8) is 0 Å². The average Bonchev–Trinajstić information content (AvgIpc) is 3.02. The van der Waals surface area contributed by atoms with E-state index in [2.05, 4.69) is 9.72 Å². The monoisotopic (exact) mass is 381 g/mol. The molecular formula is C21H23N3O4. The zero-order valence-corrected chi connectivity index (χ0v) is 16.0. The number of carbonyl (C=O) groups is 2. The number of rotatable bonds is 7. The van der Waals surface area contributed by atoms with Gasteiger partial charge in [0.05, 0.1) is 38.6 Å². The van der Waals surface area contributed by atoms with Crippen LogP contribution in [0.5, 0.6) is 0 Å². The summed E-state index contributed by atoms with van der Waals surface area (Å²) in [5, 5.41) is 0. The van der Waals surface area contributed by atoms with Crippen LogP contribution in [0.25, 0.3) is 5.57 Å². The normalized spacial score (nSPS) is 13.8. The van der Waals surface area contributed by atoms with E-state index in [0.717, 1.165) is 16.8 Å². The number of carbonyl (C=O) groups excluding carboxylic acids is 2. The van der Waals surface area contributed by atoms with E-state index in [4.69, 9.17) is 10.5 Å². The minimum absolute atomic E-state index is 0.108. The van der Waals surface area contributed by atoms with E-state index in [1.807, 2.05) is 36.4 Å². The molecule has 1 aromatic heterocycles.